The van der Waals surface area contributed by atoms with Crippen LogP contribution in [0, 0.1) is 11.8 Å². The molecular weight excluding hydrogens is 248 g/mol. The summed E-state index contributed by atoms with van der Waals surface area (Å²) in [6.07, 6.45) is 5.96. The van der Waals surface area contributed by atoms with Gasteiger partial charge in [0, 0.05) is 19.2 Å². The van der Waals surface area contributed by atoms with Crippen molar-refractivity contribution in [1.82, 2.24) is 9.55 Å². The lowest BCUT2D eigenvalue weighted by molar-refractivity contribution is -0.142. The molecular formula is C13H18N2O2S. The smallest absolute Gasteiger partial charge is 0.308 e. The standard InChI is InChI=1S/C13H18N2O2S/c16-13(17)10-1-2-12-14-11(7-15(12)6-10)5-9-3-4-18-8-9/h7,9-10H,1-6,8H2,(H,16,17). The predicted octanol–water partition coefficient (Wildman–Crippen LogP) is 1.83. The summed E-state index contributed by atoms with van der Waals surface area (Å²) in [6, 6.07) is 0. The van der Waals surface area contributed by atoms with Gasteiger partial charge in [0.05, 0.1) is 11.6 Å². The number of hydrogen-bond donors (Lipinski definition) is 1. The minimum atomic E-state index is -0.678. The van der Waals surface area contributed by atoms with Crippen molar-refractivity contribution >= 4 is 17.7 Å². The number of aryl methyl sites for hydroxylation is 1. The summed E-state index contributed by atoms with van der Waals surface area (Å²) in [5, 5.41) is 9.06. The number of nitrogens with zero attached hydrogens (tertiary/aromatic N) is 2. The van der Waals surface area contributed by atoms with E-state index < -0.39 is 5.97 Å². The second-order valence-electron chi connectivity index (χ2n) is 5.31. The molecule has 0 aliphatic carbocycles. The first-order chi connectivity index (χ1) is 8.72. The van der Waals surface area contributed by atoms with E-state index >= 15 is 0 Å². The third kappa shape index (κ3) is 2.41. The minimum Gasteiger partial charge on any atom is -0.481 e. The lowest BCUT2D eigenvalue weighted by atomic mass is 10.00. The van der Waals surface area contributed by atoms with Crippen molar-refractivity contribution in [3.63, 3.8) is 0 Å². The Kier molecular flexibility index (Phi) is 3.33. The Morgan fingerprint density at radius 1 is 1.56 bits per heavy atom. The van der Waals surface area contributed by atoms with Crippen LogP contribution in [0.2, 0.25) is 0 Å². The van der Waals surface area contributed by atoms with E-state index in [1.54, 1.807) is 0 Å². The van der Waals surface area contributed by atoms with Gasteiger partial charge in [-0.25, -0.2) is 4.98 Å². The second-order valence-corrected chi connectivity index (χ2v) is 6.46. The molecule has 5 heteroatoms. The van der Waals surface area contributed by atoms with Crippen molar-refractivity contribution in [3.8, 4) is 0 Å². The van der Waals surface area contributed by atoms with Crippen molar-refractivity contribution < 1.29 is 9.90 Å². The molecule has 18 heavy (non-hydrogen) atoms. The molecule has 0 radical (unpaired) electrons. The third-order valence-corrected chi connectivity index (χ3v) is 5.15. The molecule has 0 spiro atoms. The number of rotatable bonds is 3. The van der Waals surface area contributed by atoms with Gasteiger partial charge >= 0.3 is 5.97 Å². The maximum atomic E-state index is 11.0. The summed E-state index contributed by atoms with van der Waals surface area (Å²) in [5.41, 5.74) is 1.16. The average Bonchev–Trinajstić information content (AvgIpc) is 2.96. The van der Waals surface area contributed by atoms with Crippen molar-refractivity contribution in [2.75, 3.05) is 11.5 Å². The molecule has 2 aliphatic heterocycles. The summed E-state index contributed by atoms with van der Waals surface area (Å²) in [4.78, 5) is 15.7. The minimum absolute atomic E-state index is 0.235. The lowest BCUT2D eigenvalue weighted by Crippen LogP contribution is -2.26. The van der Waals surface area contributed by atoms with Gasteiger partial charge in [0.25, 0.3) is 0 Å². The van der Waals surface area contributed by atoms with E-state index in [2.05, 4.69) is 15.7 Å². The van der Waals surface area contributed by atoms with E-state index in [9.17, 15) is 4.79 Å². The topological polar surface area (TPSA) is 55.1 Å². The molecule has 3 rings (SSSR count). The Balaban J connectivity index is 1.70. The Bertz CT molecular complexity index is 452. The number of aromatic nitrogens is 2. The number of carboxylic acid groups (broad SMARTS) is 1. The molecule has 3 heterocycles. The maximum absolute atomic E-state index is 11.0. The van der Waals surface area contributed by atoms with Gasteiger partial charge in [-0.2, -0.15) is 11.8 Å². The molecule has 1 saturated heterocycles. The summed E-state index contributed by atoms with van der Waals surface area (Å²) < 4.78 is 2.06. The van der Waals surface area contributed by atoms with Gasteiger partial charge in [-0.05, 0) is 36.7 Å². The molecule has 2 unspecified atom stereocenters. The van der Waals surface area contributed by atoms with Crippen molar-refractivity contribution in [2.24, 2.45) is 11.8 Å². The van der Waals surface area contributed by atoms with E-state index in [-0.39, 0.29) is 5.92 Å². The average molecular weight is 266 g/mol. The Morgan fingerprint density at radius 3 is 3.17 bits per heavy atom. The zero-order valence-electron chi connectivity index (χ0n) is 10.3. The molecule has 98 valence electrons. The quantitative estimate of drug-likeness (QED) is 0.907. The Morgan fingerprint density at radius 2 is 2.44 bits per heavy atom. The molecule has 1 N–H and O–H groups in total. The highest BCUT2D eigenvalue weighted by Crippen LogP contribution is 2.27. The van der Waals surface area contributed by atoms with Gasteiger partial charge in [0.1, 0.15) is 5.82 Å². The van der Waals surface area contributed by atoms with Crippen molar-refractivity contribution in [1.29, 1.82) is 0 Å². The van der Waals surface area contributed by atoms with E-state index in [1.807, 2.05) is 11.8 Å². The molecule has 2 atom stereocenters. The van der Waals surface area contributed by atoms with E-state index in [1.165, 1.54) is 17.9 Å². The molecule has 2 aliphatic rings. The molecule has 4 nitrogen and oxygen atoms in total. The molecule has 0 aromatic carbocycles. The number of hydrogen-bond acceptors (Lipinski definition) is 3. The summed E-state index contributed by atoms with van der Waals surface area (Å²) in [6.45, 7) is 0.594. The van der Waals surface area contributed by atoms with E-state index in [0.29, 0.717) is 6.54 Å². The van der Waals surface area contributed by atoms with Crippen LogP contribution >= 0.6 is 11.8 Å². The van der Waals surface area contributed by atoms with Gasteiger partial charge in [0.15, 0.2) is 0 Å². The maximum Gasteiger partial charge on any atom is 0.308 e. The number of aliphatic carboxylic acids is 1. The second kappa shape index (κ2) is 4.96. The van der Waals surface area contributed by atoms with Gasteiger partial charge in [-0.15, -0.1) is 0 Å². The van der Waals surface area contributed by atoms with Gasteiger partial charge in [0.2, 0.25) is 0 Å². The van der Waals surface area contributed by atoms with Crippen LogP contribution in [0.5, 0.6) is 0 Å². The zero-order chi connectivity index (χ0) is 12.5. The number of imidazole rings is 1. The summed E-state index contributed by atoms with van der Waals surface area (Å²) in [5.74, 6) is 3.46. The van der Waals surface area contributed by atoms with Crippen LogP contribution < -0.4 is 0 Å². The highest BCUT2D eigenvalue weighted by molar-refractivity contribution is 7.99. The fourth-order valence-electron chi connectivity index (χ4n) is 2.84. The number of fused-ring (bicyclic) bond motifs is 1. The van der Waals surface area contributed by atoms with Gasteiger partial charge in [-0.3, -0.25) is 4.79 Å². The first-order valence-corrected chi connectivity index (χ1v) is 7.73. The molecule has 0 bridgehead atoms. The summed E-state index contributed by atoms with van der Waals surface area (Å²) in [7, 11) is 0. The largest absolute Gasteiger partial charge is 0.481 e. The molecule has 0 amide bonds. The predicted molar refractivity (Wildman–Crippen MR) is 70.8 cm³/mol. The Labute approximate surface area is 111 Å². The van der Waals surface area contributed by atoms with Crippen molar-refractivity contribution in [3.05, 3.63) is 17.7 Å². The van der Waals surface area contributed by atoms with Crippen LogP contribution in [0.25, 0.3) is 0 Å². The number of carbonyl (C=O) groups is 1. The SMILES string of the molecule is O=C(O)C1CCc2nc(CC3CCSC3)cn2C1. The zero-order valence-corrected chi connectivity index (χ0v) is 11.2. The van der Waals surface area contributed by atoms with Gasteiger partial charge < -0.3 is 9.67 Å². The third-order valence-electron chi connectivity index (χ3n) is 3.91. The highest BCUT2D eigenvalue weighted by atomic mass is 32.2. The monoisotopic (exact) mass is 266 g/mol. The van der Waals surface area contributed by atoms with Crippen LogP contribution in [0.1, 0.15) is 24.4 Å². The van der Waals surface area contributed by atoms with Crippen molar-refractivity contribution in [2.45, 2.75) is 32.2 Å². The van der Waals surface area contributed by atoms with Crippen LogP contribution in [0.4, 0.5) is 0 Å². The van der Waals surface area contributed by atoms with Crippen LogP contribution in [-0.4, -0.2) is 32.1 Å². The summed E-state index contributed by atoms with van der Waals surface area (Å²) >= 11 is 2.03. The first-order valence-electron chi connectivity index (χ1n) is 6.58. The van der Waals surface area contributed by atoms with Crippen LogP contribution in [-0.2, 0) is 24.2 Å². The lowest BCUT2D eigenvalue weighted by Gasteiger charge is -2.19. The van der Waals surface area contributed by atoms with E-state index in [0.717, 1.165) is 36.7 Å². The molecule has 1 aromatic heterocycles. The number of carboxylic acids is 1. The fourth-order valence-corrected chi connectivity index (χ4v) is 4.13. The first kappa shape index (κ1) is 12.1. The molecule has 1 aromatic rings. The molecule has 1 fully saturated rings. The van der Waals surface area contributed by atoms with Crippen LogP contribution in [0.3, 0.4) is 0 Å². The Hall–Kier alpha value is -0.970. The van der Waals surface area contributed by atoms with Crippen LogP contribution in [0.15, 0.2) is 6.20 Å². The highest BCUT2D eigenvalue weighted by Gasteiger charge is 2.26. The van der Waals surface area contributed by atoms with E-state index in [4.69, 9.17) is 5.11 Å². The van der Waals surface area contributed by atoms with Gasteiger partial charge in [-0.1, -0.05) is 0 Å². The number of thioether (sulfide) groups is 1. The molecule has 0 saturated carbocycles. The fraction of sp³-hybridized carbons (Fsp3) is 0.692. The normalized spacial score (nSPS) is 27.1.